The van der Waals surface area contributed by atoms with Crippen molar-refractivity contribution < 1.29 is 9.52 Å². The van der Waals surface area contributed by atoms with Gasteiger partial charge in [0, 0.05) is 24.2 Å². The van der Waals surface area contributed by atoms with Gasteiger partial charge in [-0.2, -0.15) is 5.10 Å². The molecule has 5 nitrogen and oxygen atoms in total. The van der Waals surface area contributed by atoms with Gasteiger partial charge >= 0.3 is 0 Å². The summed E-state index contributed by atoms with van der Waals surface area (Å²) in [4.78, 5) is 0. The fourth-order valence-electron chi connectivity index (χ4n) is 2.42. The van der Waals surface area contributed by atoms with E-state index in [1.807, 2.05) is 12.3 Å². The Morgan fingerprint density at radius 3 is 3.00 bits per heavy atom. The molecule has 5 heteroatoms. The van der Waals surface area contributed by atoms with Gasteiger partial charge in [0.1, 0.15) is 11.9 Å². The van der Waals surface area contributed by atoms with E-state index < -0.39 is 6.10 Å². The van der Waals surface area contributed by atoms with Crippen LogP contribution in [-0.2, 0) is 6.54 Å². The highest BCUT2D eigenvalue weighted by Crippen LogP contribution is 2.22. The lowest BCUT2D eigenvalue weighted by molar-refractivity contribution is 0.147. The third kappa shape index (κ3) is 3.27. The monoisotopic (exact) mass is 297 g/mol. The number of aliphatic hydroxyl groups is 1. The van der Waals surface area contributed by atoms with Crippen LogP contribution < -0.4 is 5.32 Å². The van der Waals surface area contributed by atoms with Crippen LogP contribution in [0.4, 0.5) is 0 Å². The Hall–Kier alpha value is -2.37. The van der Waals surface area contributed by atoms with Gasteiger partial charge in [0.2, 0.25) is 0 Å². The van der Waals surface area contributed by atoms with Gasteiger partial charge in [0.15, 0.2) is 0 Å². The molecule has 0 fully saturated rings. The van der Waals surface area contributed by atoms with Crippen LogP contribution in [-0.4, -0.2) is 21.8 Å². The molecule has 0 radical (unpaired) electrons. The Kier molecular flexibility index (Phi) is 4.37. The number of H-pyrrole nitrogens is 1. The first-order chi connectivity index (χ1) is 10.7. The molecule has 3 rings (SSSR count). The minimum absolute atomic E-state index is 0.423. The van der Waals surface area contributed by atoms with Gasteiger partial charge < -0.3 is 14.8 Å². The molecule has 0 spiro atoms. The Bertz CT molecular complexity index is 719. The summed E-state index contributed by atoms with van der Waals surface area (Å²) < 4.78 is 5.18. The SMILES string of the molecule is Cc1cccc(-c2[nH]ncc2CNCC(O)c2ccco2)c1. The number of rotatable bonds is 6. The molecule has 3 aromatic rings. The minimum Gasteiger partial charge on any atom is -0.467 e. The van der Waals surface area contributed by atoms with Crippen LogP contribution >= 0.6 is 0 Å². The Morgan fingerprint density at radius 1 is 1.32 bits per heavy atom. The first-order valence-electron chi connectivity index (χ1n) is 7.25. The van der Waals surface area contributed by atoms with Crippen molar-refractivity contribution in [2.75, 3.05) is 6.54 Å². The molecule has 2 aromatic heterocycles. The molecule has 1 unspecified atom stereocenters. The van der Waals surface area contributed by atoms with Gasteiger partial charge in [0.25, 0.3) is 0 Å². The average molecular weight is 297 g/mol. The predicted octanol–water partition coefficient (Wildman–Crippen LogP) is 2.80. The smallest absolute Gasteiger partial charge is 0.133 e. The first kappa shape index (κ1) is 14.6. The van der Waals surface area contributed by atoms with E-state index in [9.17, 15) is 5.11 Å². The third-order valence-electron chi connectivity index (χ3n) is 3.55. The van der Waals surface area contributed by atoms with E-state index >= 15 is 0 Å². The van der Waals surface area contributed by atoms with Crippen molar-refractivity contribution in [2.45, 2.75) is 19.6 Å². The van der Waals surface area contributed by atoms with E-state index in [1.54, 1.807) is 18.4 Å². The van der Waals surface area contributed by atoms with Gasteiger partial charge in [-0.25, -0.2) is 0 Å². The molecule has 0 amide bonds. The molecule has 0 aliphatic rings. The largest absolute Gasteiger partial charge is 0.467 e. The Labute approximate surface area is 129 Å². The zero-order valence-electron chi connectivity index (χ0n) is 12.4. The van der Waals surface area contributed by atoms with E-state index in [-0.39, 0.29) is 0 Å². The quantitative estimate of drug-likeness (QED) is 0.654. The Balaban J connectivity index is 1.63. The standard InChI is InChI=1S/C17H19N3O2/c1-12-4-2-5-13(8-12)17-14(10-19-20-17)9-18-11-15(21)16-6-3-7-22-16/h2-8,10,15,18,21H,9,11H2,1H3,(H,19,20). The maximum Gasteiger partial charge on any atom is 0.133 e. The van der Waals surface area contributed by atoms with Crippen LogP contribution in [0.3, 0.4) is 0 Å². The molecule has 1 aromatic carbocycles. The van der Waals surface area contributed by atoms with E-state index in [1.165, 1.54) is 5.56 Å². The molecule has 2 heterocycles. The maximum atomic E-state index is 9.98. The first-order valence-corrected chi connectivity index (χ1v) is 7.25. The van der Waals surface area contributed by atoms with Crippen molar-refractivity contribution in [3.8, 4) is 11.3 Å². The number of aromatic amines is 1. The lowest BCUT2D eigenvalue weighted by Gasteiger charge is -2.10. The molecular weight excluding hydrogens is 278 g/mol. The van der Waals surface area contributed by atoms with Gasteiger partial charge in [-0.3, -0.25) is 5.10 Å². The van der Waals surface area contributed by atoms with Crippen molar-refractivity contribution >= 4 is 0 Å². The van der Waals surface area contributed by atoms with Crippen LogP contribution in [0.5, 0.6) is 0 Å². The fraction of sp³-hybridized carbons (Fsp3) is 0.235. The second-order valence-corrected chi connectivity index (χ2v) is 5.30. The molecule has 1 atom stereocenters. The van der Waals surface area contributed by atoms with Crippen molar-refractivity contribution in [3.63, 3.8) is 0 Å². The number of aryl methyl sites for hydroxylation is 1. The van der Waals surface area contributed by atoms with Gasteiger partial charge in [0.05, 0.1) is 18.2 Å². The minimum atomic E-state index is -0.649. The van der Waals surface area contributed by atoms with Crippen molar-refractivity contribution in [1.82, 2.24) is 15.5 Å². The number of aliphatic hydroxyl groups excluding tert-OH is 1. The number of nitrogens with zero attached hydrogens (tertiary/aromatic N) is 1. The summed E-state index contributed by atoms with van der Waals surface area (Å²) in [6.07, 6.45) is 2.72. The summed E-state index contributed by atoms with van der Waals surface area (Å²) in [5.41, 5.74) is 4.39. The molecule has 0 saturated heterocycles. The third-order valence-corrected chi connectivity index (χ3v) is 3.55. The number of aromatic nitrogens is 2. The summed E-state index contributed by atoms with van der Waals surface area (Å²) in [5.74, 6) is 0.568. The van der Waals surface area contributed by atoms with Gasteiger partial charge in [-0.05, 0) is 25.1 Å². The van der Waals surface area contributed by atoms with Gasteiger partial charge in [-0.15, -0.1) is 0 Å². The summed E-state index contributed by atoms with van der Waals surface area (Å²) in [6, 6.07) is 11.8. The molecule has 0 bridgehead atoms. The molecule has 22 heavy (non-hydrogen) atoms. The van der Waals surface area contributed by atoms with E-state index in [2.05, 4.69) is 40.6 Å². The van der Waals surface area contributed by atoms with Crippen LogP contribution in [0.1, 0.15) is 23.0 Å². The van der Waals surface area contributed by atoms with Gasteiger partial charge in [-0.1, -0.05) is 23.8 Å². The number of furan rings is 1. The summed E-state index contributed by atoms with van der Waals surface area (Å²) >= 11 is 0. The van der Waals surface area contributed by atoms with Crippen LogP contribution in [0, 0.1) is 6.92 Å². The summed E-state index contributed by atoms with van der Waals surface area (Å²) in [6.45, 7) is 3.11. The highest BCUT2D eigenvalue weighted by molar-refractivity contribution is 5.63. The zero-order valence-corrected chi connectivity index (χ0v) is 12.4. The number of benzene rings is 1. The molecule has 0 aliphatic heterocycles. The molecule has 114 valence electrons. The second-order valence-electron chi connectivity index (χ2n) is 5.30. The summed E-state index contributed by atoms with van der Waals surface area (Å²) in [5, 5.41) is 20.4. The predicted molar refractivity (Wildman–Crippen MR) is 84.1 cm³/mol. The van der Waals surface area contributed by atoms with Crippen molar-refractivity contribution in [3.05, 3.63) is 65.7 Å². The number of nitrogens with one attached hydrogen (secondary N) is 2. The van der Waals surface area contributed by atoms with Crippen LogP contribution in [0.2, 0.25) is 0 Å². The highest BCUT2D eigenvalue weighted by atomic mass is 16.4. The lowest BCUT2D eigenvalue weighted by atomic mass is 10.1. The number of hydrogen-bond donors (Lipinski definition) is 3. The Morgan fingerprint density at radius 2 is 2.23 bits per heavy atom. The fourth-order valence-corrected chi connectivity index (χ4v) is 2.42. The van der Waals surface area contributed by atoms with Crippen molar-refractivity contribution in [1.29, 1.82) is 0 Å². The van der Waals surface area contributed by atoms with Crippen LogP contribution in [0.25, 0.3) is 11.3 Å². The topological polar surface area (TPSA) is 74.1 Å². The lowest BCUT2D eigenvalue weighted by Crippen LogP contribution is -2.20. The molecule has 0 aliphatic carbocycles. The number of hydrogen-bond acceptors (Lipinski definition) is 4. The normalized spacial score (nSPS) is 12.5. The van der Waals surface area contributed by atoms with E-state index in [4.69, 9.17) is 4.42 Å². The van der Waals surface area contributed by atoms with Crippen molar-refractivity contribution in [2.24, 2.45) is 0 Å². The van der Waals surface area contributed by atoms with Crippen LogP contribution in [0.15, 0.2) is 53.3 Å². The molecular formula is C17H19N3O2. The second kappa shape index (κ2) is 6.60. The van der Waals surface area contributed by atoms with E-state index in [0.29, 0.717) is 18.8 Å². The maximum absolute atomic E-state index is 9.98. The highest BCUT2D eigenvalue weighted by Gasteiger charge is 2.11. The zero-order chi connectivity index (χ0) is 15.4. The molecule has 3 N–H and O–H groups in total. The van der Waals surface area contributed by atoms with E-state index in [0.717, 1.165) is 16.8 Å². The molecule has 0 saturated carbocycles. The average Bonchev–Trinajstić information content (AvgIpc) is 3.19. The summed E-state index contributed by atoms with van der Waals surface area (Å²) in [7, 11) is 0.